The highest BCUT2D eigenvalue weighted by Crippen LogP contribution is 2.21. The lowest BCUT2D eigenvalue weighted by Crippen LogP contribution is -2.50. The van der Waals surface area contributed by atoms with Crippen molar-refractivity contribution in [1.82, 2.24) is 15.2 Å². The molecule has 2 amide bonds. The zero-order chi connectivity index (χ0) is 10.8. The summed E-state index contributed by atoms with van der Waals surface area (Å²) < 4.78 is 0.707. The van der Waals surface area contributed by atoms with Crippen LogP contribution in [0.1, 0.15) is 10.5 Å². The zero-order valence-electron chi connectivity index (χ0n) is 7.70. The van der Waals surface area contributed by atoms with Crippen LogP contribution in [-0.2, 0) is 4.79 Å². The number of hydrogen-bond acceptors (Lipinski definition) is 4. The van der Waals surface area contributed by atoms with E-state index in [1.807, 2.05) is 0 Å². The molecule has 0 radical (unpaired) electrons. The minimum Gasteiger partial charge on any atom is -0.353 e. The van der Waals surface area contributed by atoms with E-state index in [0.29, 0.717) is 22.6 Å². The topological polar surface area (TPSA) is 62.3 Å². The van der Waals surface area contributed by atoms with E-state index < -0.39 is 0 Å². The first-order chi connectivity index (χ1) is 7.18. The third-order valence-electron chi connectivity index (χ3n) is 2.05. The lowest BCUT2D eigenvalue weighted by Gasteiger charge is -2.25. The molecule has 0 atom stereocenters. The number of carbonyl (C=O) groups excluding carboxylic acids is 2. The third-order valence-corrected chi connectivity index (χ3v) is 3.60. The van der Waals surface area contributed by atoms with Crippen molar-refractivity contribution < 1.29 is 9.59 Å². The van der Waals surface area contributed by atoms with Crippen molar-refractivity contribution in [3.05, 3.63) is 15.0 Å². The van der Waals surface area contributed by atoms with Crippen molar-refractivity contribution >= 4 is 39.1 Å². The summed E-state index contributed by atoms with van der Waals surface area (Å²) in [5, 5.41) is 2.66. The smallest absolute Gasteiger partial charge is 0.275 e. The van der Waals surface area contributed by atoms with Crippen molar-refractivity contribution in [2.24, 2.45) is 0 Å². The van der Waals surface area contributed by atoms with Gasteiger partial charge in [-0.15, -0.1) is 11.3 Å². The molecule has 0 spiro atoms. The van der Waals surface area contributed by atoms with Crippen molar-refractivity contribution in [2.45, 2.75) is 0 Å². The highest BCUT2D eigenvalue weighted by atomic mass is 79.9. The number of halogens is 1. The number of nitrogens with one attached hydrogen (secondary N) is 1. The monoisotopic (exact) mass is 289 g/mol. The fraction of sp³-hybridized carbons (Fsp3) is 0.375. The Kier molecular flexibility index (Phi) is 3.01. The molecule has 1 fully saturated rings. The van der Waals surface area contributed by atoms with E-state index in [1.54, 1.807) is 5.51 Å². The minimum atomic E-state index is -0.196. The van der Waals surface area contributed by atoms with Crippen LogP contribution in [0, 0.1) is 0 Å². The molecule has 1 aromatic heterocycles. The molecule has 5 nitrogen and oxygen atoms in total. The van der Waals surface area contributed by atoms with Gasteiger partial charge in [-0.1, -0.05) is 0 Å². The third kappa shape index (κ3) is 2.18. The molecule has 15 heavy (non-hydrogen) atoms. The molecule has 1 aliphatic rings. The van der Waals surface area contributed by atoms with Gasteiger partial charge in [0.1, 0.15) is 3.79 Å². The average molecular weight is 290 g/mol. The Labute approximate surface area is 98.6 Å². The van der Waals surface area contributed by atoms with Crippen LogP contribution in [0.5, 0.6) is 0 Å². The summed E-state index contributed by atoms with van der Waals surface area (Å²) in [6.45, 7) is 1.16. The van der Waals surface area contributed by atoms with E-state index in [1.165, 1.54) is 16.2 Å². The molecule has 0 saturated carbocycles. The normalized spacial score (nSPS) is 16.3. The minimum absolute atomic E-state index is 0.114. The Bertz CT molecular complexity index is 406. The fourth-order valence-electron chi connectivity index (χ4n) is 1.33. The number of rotatable bonds is 1. The second-order valence-electron chi connectivity index (χ2n) is 3.05. The first-order valence-corrected chi connectivity index (χ1v) is 6.00. The van der Waals surface area contributed by atoms with Gasteiger partial charge in [-0.05, 0) is 15.9 Å². The predicted molar refractivity (Wildman–Crippen MR) is 58.7 cm³/mol. The lowest BCUT2D eigenvalue weighted by molar-refractivity contribution is -0.123. The number of aromatic nitrogens is 1. The van der Waals surface area contributed by atoms with Gasteiger partial charge in [0.15, 0.2) is 5.69 Å². The molecule has 2 heterocycles. The van der Waals surface area contributed by atoms with Crippen LogP contribution < -0.4 is 5.32 Å². The molecule has 80 valence electrons. The maximum atomic E-state index is 11.9. The molecular formula is C8H8BrN3O2S. The molecule has 0 aliphatic carbocycles. The molecule has 1 N–H and O–H groups in total. The average Bonchev–Trinajstić information content (AvgIpc) is 2.63. The van der Waals surface area contributed by atoms with Crippen LogP contribution in [-0.4, -0.2) is 41.3 Å². The number of thiazole rings is 1. The molecule has 7 heteroatoms. The number of carbonyl (C=O) groups is 2. The largest absolute Gasteiger partial charge is 0.353 e. The second-order valence-corrected chi connectivity index (χ2v) is 5.22. The van der Waals surface area contributed by atoms with Gasteiger partial charge in [-0.25, -0.2) is 4.98 Å². The molecule has 0 bridgehead atoms. The number of piperazine rings is 1. The second kappa shape index (κ2) is 4.28. The van der Waals surface area contributed by atoms with Crippen LogP contribution in [0.4, 0.5) is 0 Å². The van der Waals surface area contributed by atoms with Gasteiger partial charge in [0.05, 0.1) is 12.1 Å². The Morgan fingerprint density at radius 1 is 1.67 bits per heavy atom. The summed E-state index contributed by atoms with van der Waals surface area (Å²) in [6.07, 6.45) is 0. The molecule has 2 rings (SSSR count). The zero-order valence-corrected chi connectivity index (χ0v) is 10.1. The van der Waals surface area contributed by atoms with E-state index in [2.05, 4.69) is 26.2 Å². The van der Waals surface area contributed by atoms with Crippen LogP contribution in [0.15, 0.2) is 9.30 Å². The summed E-state index contributed by atoms with van der Waals surface area (Å²) in [7, 11) is 0. The van der Waals surface area contributed by atoms with Crippen LogP contribution >= 0.6 is 27.3 Å². The summed E-state index contributed by atoms with van der Waals surface area (Å²) in [5.41, 5.74) is 1.98. The van der Waals surface area contributed by atoms with Gasteiger partial charge < -0.3 is 10.2 Å². The molecule has 1 saturated heterocycles. The Morgan fingerprint density at radius 2 is 2.47 bits per heavy atom. The van der Waals surface area contributed by atoms with Crippen LogP contribution in [0.3, 0.4) is 0 Å². The first-order valence-electron chi connectivity index (χ1n) is 4.33. The SMILES string of the molecule is O=C1CN(C(=O)c2ncsc2Br)CCN1. The summed E-state index contributed by atoms with van der Waals surface area (Å²) in [6, 6.07) is 0. The molecule has 1 aromatic rings. The van der Waals surface area contributed by atoms with E-state index in [-0.39, 0.29) is 18.4 Å². The molecule has 0 aromatic carbocycles. The fourth-order valence-corrected chi connectivity index (χ4v) is 2.36. The van der Waals surface area contributed by atoms with Crippen molar-refractivity contribution in [1.29, 1.82) is 0 Å². The quantitative estimate of drug-likeness (QED) is 0.818. The summed E-state index contributed by atoms with van der Waals surface area (Å²) in [5.74, 6) is -0.320. The summed E-state index contributed by atoms with van der Waals surface area (Å²) >= 11 is 4.61. The van der Waals surface area contributed by atoms with Crippen LogP contribution in [0.25, 0.3) is 0 Å². The van der Waals surface area contributed by atoms with Gasteiger partial charge >= 0.3 is 0 Å². The van der Waals surface area contributed by atoms with E-state index in [4.69, 9.17) is 0 Å². The van der Waals surface area contributed by atoms with Crippen molar-refractivity contribution in [3.63, 3.8) is 0 Å². The van der Waals surface area contributed by atoms with Gasteiger partial charge in [0, 0.05) is 13.1 Å². The van der Waals surface area contributed by atoms with Crippen molar-refractivity contribution in [3.8, 4) is 0 Å². The van der Waals surface area contributed by atoms with Gasteiger partial charge in [0.25, 0.3) is 5.91 Å². The Hall–Kier alpha value is -0.950. The molecular weight excluding hydrogens is 282 g/mol. The number of amides is 2. The standard InChI is InChI=1S/C8H8BrN3O2S/c9-7-6(11-4-15-7)8(14)12-2-1-10-5(13)3-12/h4H,1-3H2,(H,10,13). The van der Waals surface area contributed by atoms with E-state index in [9.17, 15) is 9.59 Å². The van der Waals surface area contributed by atoms with Gasteiger partial charge in [-0.3, -0.25) is 9.59 Å². The highest BCUT2D eigenvalue weighted by Gasteiger charge is 2.25. The molecule has 0 unspecified atom stereocenters. The van der Waals surface area contributed by atoms with E-state index in [0.717, 1.165) is 0 Å². The maximum Gasteiger partial charge on any atom is 0.275 e. The van der Waals surface area contributed by atoms with Gasteiger partial charge in [0.2, 0.25) is 5.91 Å². The highest BCUT2D eigenvalue weighted by molar-refractivity contribution is 9.11. The van der Waals surface area contributed by atoms with Gasteiger partial charge in [-0.2, -0.15) is 0 Å². The molecule has 1 aliphatic heterocycles. The lowest BCUT2D eigenvalue weighted by atomic mass is 10.3. The number of hydrogen-bond donors (Lipinski definition) is 1. The van der Waals surface area contributed by atoms with Crippen molar-refractivity contribution in [2.75, 3.05) is 19.6 Å². The summed E-state index contributed by atoms with van der Waals surface area (Å²) in [4.78, 5) is 28.4. The first kappa shape index (κ1) is 10.6. The Balaban J connectivity index is 2.14. The van der Waals surface area contributed by atoms with Crippen LogP contribution in [0.2, 0.25) is 0 Å². The maximum absolute atomic E-state index is 11.9. The number of nitrogens with zero attached hydrogens (tertiary/aromatic N) is 2. The van der Waals surface area contributed by atoms with E-state index >= 15 is 0 Å². The predicted octanol–water partition coefficient (Wildman–Crippen LogP) is 0.478. The Morgan fingerprint density at radius 3 is 3.07 bits per heavy atom.